The minimum atomic E-state index is -1.15. The lowest BCUT2D eigenvalue weighted by Gasteiger charge is -2.16. The van der Waals surface area contributed by atoms with Crippen molar-refractivity contribution in [1.29, 1.82) is 0 Å². The van der Waals surface area contributed by atoms with Crippen molar-refractivity contribution < 1.29 is 19.0 Å². The fraction of sp³-hybridized carbons (Fsp3) is 0.600. The van der Waals surface area contributed by atoms with E-state index in [1.165, 1.54) is 19.8 Å². The minimum Gasteiger partial charge on any atom is -0.492 e. The van der Waals surface area contributed by atoms with E-state index in [0.717, 1.165) is 33.9 Å². The zero-order chi connectivity index (χ0) is 20.3. The lowest BCUT2D eigenvalue weighted by Crippen LogP contribution is -2.22. The predicted molar refractivity (Wildman–Crippen MR) is 115 cm³/mol. The molecule has 1 aromatic carbocycles. The van der Waals surface area contributed by atoms with Gasteiger partial charge in [-0.3, -0.25) is 4.79 Å². The smallest absolute Gasteiger partial charge is 0.303 e. The average Bonchev–Trinajstić information content (AvgIpc) is 3.36. The Hall–Kier alpha value is -1.38. The second-order valence-corrected chi connectivity index (χ2v) is 15.1. The van der Waals surface area contributed by atoms with Crippen LogP contribution >= 0.6 is 15.9 Å². The van der Waals surface area contributed by atoms with E-state index in [9.17, 15) is 4.79 Å². The van der Waals surface area contributed by atoms with Crippen molar-refractivity contribution in [1.82, 2.24) is 9.55 Å². The number of aromatic nitrogens is 2. The summed E-state index contributed by atoms with van der Waals surface area (Å²) < 4.78 is 20.0. The van der Waals surface area contributed by atoms with E-state index in [4.69, 9.17) is 14.2 Å². The highest BCUT2D eigenvalue weighted by atomic mass is 79.9. The second kappa shape index (κ2) is 8.96. The molecule has 1 fully saturated rings. The van der Waals surface area contributed by atoms with Gasteiger partial charge in [0.05, 0.1) is 22.1 Å². The molecule has 8 heteroatoms. The molecule has 0 saturated heterocycles. The summed E-state index contributed by atoms with van der Waals surface area (Å²) >= 11 is 3.58. The molecule has 0 N–H and O–H groups in total. The SMILES string of the molecule is CC(=O)OCc1nc2cc(Br)c(OCC3CC3)cc2n1COCC[Si](C)(C)C. The van der Waals surface area contributed by atoms with E-state index in [1.807, 2.05) is 16.7 Å². The molecule has 0 bridgehead atoms. The lowest BCUT2D eigenvalue weighted by atomic mass is 10.3. The Balaban J connectivity index is 1.82. The first-order valence-corrected chi connectivity index (χ1v) is 14.3. The number of ether oxygens (including phenoxy) is 3. The van der Waals surface area contributed by atoms with E-state index in [-0.39, 0.29) is 12.6 Å². The van der Waals surface area contributed by atoms with Crippen molar-refractivity contribution in [2.45, 2.75) is 58.8 Å². The summed E-state index contributed by atoms with van der Waals surface area (Å²) in [5.41, 5.74) is 1.74. The second-order valence-electron chi connectivity index (χ2n) is 8.61. The van der Waals surface area contributed by atoms with Gasteiger partial charge in [0, 0.05) is 27.7 Å². The average molecular weight is 469 g/mol. The molecule has 1 aliphatic carbocycles. The van der Waals surface area contributed by atoms with Gasteiger partial charge >= 0.3 is 5.97 Å². The third-order valence-electron chi connectivity index (χ3n) is 4.67. The lowest BCUT2D eigenvalue weighted by molar-refractivity contribution is -0.142. The molecule has 154 valence electrons. The predicted octanol–water partition coefficient (Wildman–Crippen LogP) is 4.96. The fourth-order valence-electron chi connectivity index (χ4n) is 2.73. The van der Waals surface area contributed by atoms with Crippen LogP contribution in [0.1, 0.15) is 25.6 Å². The number of carbonyl (C=O) groups excluding carboxylic acids is 1. The minimum absolute atomic E-state index is 0.122. The van der Waals surface area contributed by atoms with Crippen molar-refractivity contribution in [3.8, 4) is 5.75 Å². The maximum absolute atomic E-state index is 11.3. The van der Waals surface area contributed by atoms with E-state index in [0.29, 0.717) is 25.1 Å². The van der Waals surface area contributed by atoms with Crippen LogP contribution in [0.4, 0.5) is 0 Å². The van der Waals surface area contributed by atoms with E-state index in [1.54, 1.807) is 0 Å². The summed E-state index contributed by atoms with van der Waals surface area (Å²) in [6, 6.07) is 5.04. The molecule has 6 nitrogen and oxygen atoms in total. The molecule has 2 aromatic rings. The molecule has 0 aliphatic heterocycles. The van der Waals surface area contributed by atoms with Crippen molar-refractivity contribution in [3.05, 3.63) is 22.4 Å². The number of hydrogen-bond donors (Lipinski definition) is 0. The highest BCUT2D eigenvalue weighted by molar-refractivity contribution is 9.10. The Morgan fingerprint density at radius 2 is 2.07 bits per heavy atom. The van der Waals surface area contributed by atoms with E-state index >= 15 is 0 Å². The summed E-state index contributed by atoms with van der Waals surface area (Å²) in [4.78, 5) is 15.9. The van der Waals surface area contributed by atoms with Gasteiger partial charge in [0.15, 0.2) is 0 Å². The molecule has 0 unspecified atom stereocenters. The molecule has 1 heterocycles. The van der Waals surface area contributed by atoms with Crippen LogP contribution in [0.3, 0.4) is 0 Å². The Bertz CT molecular complexity index is 843. The molecule has 1 aliphatic rings. The molecule has 1 saturated carbocycles. The van der Waals surface area contributed by atoms with Crippen LogP contribution < -0.4 is 4.74 Å². The molecular formula is C20H29BrN2O4Si. The Kier molecular flexibility index (Phi) is 6.83. The molecule has 0 amide bonds. The van der Waals surface area contributed by atoms with Crippen LogP contribution in [0.2, 0.25) is 25.7 Å². The summed E-state index contributed by atoms with van der Waals surface area (Å²) in [6.07, 6.45) is 2.49. The highest BCUT2D eigenvalue weighted by Gasteiger charge is 2.23. The molecule has 1 aromatic heterocycles. The Morgan fingerprint density at radius 3 is 2.71 bits per heavy atom. The largest absolute Gasteiger partial charge is 0.492 e. The number of benzene rings is 1. The number of esters is 1. The van der Waals surface area contributed by atoms with Crippen LogP contribution in [0.15, 0.2) is 16.6 Å². The number of carbonyl (C=O) groups is 1. The van der Waals surface area contributed by atoms with Crippen molar-refractivity contribution >= 4 is 41.0 Å². The number of rotatable bonds is 10. The quantitative estimate of drug-likeness (QED) is 0.280. The summed E-state index contributed by atoms with van der Waals surface area (Å²) in [5, 5.41) is 0. The van der Waals surface area contributed by atoms with Crippen LogP contribution in [0.25, 0.3) is 11.0 Å². The first-order chi connectivity index (χ1) is 13.2. The molecule has 28 heavy (non-hydrogen) atoms. The van der Waals surface area contributed by atoms with Gasteiger partial charge in [0.1, 0.15) is 24.9 Å². The first-order valence-electron chi connectivity index (χ1n) is 9.75. The van der Waals surface area contributed by atoms with E-state index in [2.05, 4.69) is 40.6 Å². The first kappa shape index (κ1) is 21.3. The maximum atomic E-state index is 11.3. The standard InChI is InChI=1S/C20H29BrN2O4Si/c1-14(24)26-12-20-22-17-9-16(21)19(27-11-15-5-6-15)10-18(17)23(20)13-25-7-8-28(2,3)4/h9-10,15H,5-8,11-13H2,1-4H3. The number of nitrogens with zero attached hydrogens (tertiary/aromatic N) is 2. The number of halogens is 1. The monoisotopic (exact) mass is 468 g/mol. The fourth-order valence-corrected chi connectivity index (χ4v) is 3.94. The number of fused-ring (bicyclic) bond motifs is 1. The van der Waals surface area contributed by atoms with Crippen LogP contribution in [-0.4, -0.2) is 36.8 Å². The van der Waals surface area contributed by atoms with Crippen LogP contribution in [-0.2, 0) is 27.6 Å². The Labute approximate surface area is 175 Å². The van der Waals surface area contributed by atoms with Gasteiger partial charge in [-0.2, -0.15) is 0 Å². The van der Waals surface area contributed by atoms with E-state index < -0.39 is 8.07 Å². The highest BCUT2D eigenvalue weighted by Crippen LogP contribution is 2.34. The van der Waals surface area contributed by atoms with Crippen molar-refractivity contribution in [2.24, 2.45) is 5.92 Å². The third-order valence-corrected chi connectivity index (χ3v) is 7.00. The normalized spacial score (nSPS) is 14.5. The van der Waals surface area contributed by atoms with Crippen molar-refractivity contribution in [3.63, 3.8) is 0 Å². The van der Waals surface area contributed by atoms with Gasteiger partial charge in [-0.25, -0.2) is 4.98 Å². The third kappa shape index (κ3) is 6.06. The number of imidazole rings is 1. The molecule has 0 spiro atoms. The topological polar surface area (TPSA) is 62.6 Å². The molecule has 0 atom stereocenters. The van der Waals surface area contributed by atoms with Crippen LogP contribution in [0, 0.1) is 5.92 Å². The van der Waals surface area contributed by atoms with Gasteiger partial charge in [-0.1, -0.05) is 19.6 Å². The molecule has 3 rings (SSSR count). The maximum Gasteiger partial charge on any atom is 0.303 e. The van der Waals surface area contributed by atoms with Gasteiger partial charge in [0.25, 0.3) is 0 Å². The zero-order valence-electron chi connectivity index (χ0n) is 17.1. The van der Waals surface area contributed by atoms with Gasteiger partial charge in [-0.05, 0) is 46.8 Å². The van der Waals surface area contributed by atoms with Crippen molar-refractivity contribution in [2.75, 3.05) is 13.2 Å². The number of hydrogen-bond acceptors (Lipinski definition) is 5. The van der Waals surface area contributed by atoms with Gasteiger partial charge in [-0.15, -0.1) is 0 Å². The molecule has 0 radical (unpaired) electrons. The van der Waals surface area contributed by atoms with Crippen LogP contribution in [0.5, 0.6) is 5.75 Å². The Morgan fingerprint density at radius 1 is 1.32 bits per heavy atom. The molecular weight excluding hydrogens is 440 g/mol. The zero-order valence-corrected chi connectivity index (χ0v) is 19.7. The summed E-state index contributed by atoms with van der Waals surface area (Å²) in [7, 11) is -1.15. The summed E-state index contributed by atoms with van der Waals surface area (Å²) in [5.74, 6) is 1.83. The van der Waals surface area contributed by atoms with Gasteiger partial charge in [0.2, 0.25) is 0 Å². The summed E-state index contributed by atoms with van der Waals surface area (Å²) in [6.45, 7) is 10.3. The van der Waals surface area contributed by atoms with Gasteiger partial charge < -0.3 is 18.8 Å².